The van der Waals surface area contributed by atoms with E-state index in [2.05, 4.69) is 46.0 Å². The molecule has 5 nitrogen and oxygen atoms in total. The first-order valence-corrected chi connectivity index (χ1v) is 8.46. The lowest BCUT2D eigenvalue weighted by Crippen LogP contribution is -2.18. The van der Waals surface area contributed by atoms with Crippen molar-refractivity contribution in [3.8, 4) is 17.5 Å². The molecule has 6 heteroatoms. The maximum atomic E-state index is 12.4. The van der Waals surface area contributed by atoms with Gasteiger partial charge in [0, 0.05) is 42.0 Å². The lowest BCUT2D eigenvalue weighted by Gasteiger charge is -2.18. The van der Waals surface area contributed by atoms with Crippen LogP contribution in [0.25, 0.3) is 22.2 Å². The highest BCUT2D eigenvalue weighted by Crippen LogP contribution is 2.25. The first kappa shape index (κ1) is 17.3. The summed E-state index contributed by atoms with van der Waals surface area (Å²) in [5, 5.41) is 11.4. The largest absolute Gasteiger partial charge is 0.317 e. The van der Waals surface area contributed by atoms with Crippen LogP contribution in [0.2, 0.25) is 0 Å². The van der Waals surface area contributed by atoms with E-state index in [1.165, 1.54) is 4.57 Å². The molecule has 0 N–H and O–H groups in total. The molecule has 0 spiro atoms. The Hall–Kier alpha value is -2.57. The van der Waals surface area contributed by atoms with Gasteiger partial charge in [-0.2, -0.15) is 5.26 Å². The molecule has 0 aliphatic heterocycles. The molecule has 3 rings (SSSR count). The van der Waals surface area contributed by atoms with E-state index in [1.54, 1.807) is 19.3 Å². The number of nitriles is 1. The molecule has 1 aromatic carbocycles. The number of nitrogens with zero attached hydrogens (tertiary/aromatic N) is 4. The Morgan fingerprint density at radius 3 is 2.36 bits per heavy atom. The van der Waals surface area contributed by atoms with E-state index in [-0.39, 0.29) is 11.0 Å². The molecule has 0 radical (unpaired) electrons. The monoisotopic (exact) mass is 350 g/mol. The van der Waals surface area contributed by atoms with Crippen molar-refractivity contribution in [1.82, 2.24) is 14.5 Å². The van der Waals surface area contributed by atoms with Crippen LogP contribution in [-0.2, 0) is 12.5 Å². The van der Waals surface area contributed by atoms with Gasteiger partial charge in [-0.3, -0.25) is 4.79 Å². The molecule has 0 aliphatic carbocycles. The van der Waals surface area contributed by atoms with Gasteiger partial charge < -0.3 is 4.57 Å². The molecule has 25 heavy (non-hydrogen) atoms. The summed E-state index contributed by atoms with van der Waals surface area (Å²) in [6.45, 7) is 6.33. The SMILES string of the molecule is Cn1cc(C#N)c2cc(-c3ncc(C(C)(C)C)cn3)c(P)cc2c1=O. The van der Waals surface area contributed by atoms with E-state index in [1.807, 2.05) is 18.5 Å². The number of fused-ring (bicyclic) bond motifs is 1. The minimum absolute atomic E-state index is 0.0219. The normalized spacial score (nSPS) is 11.5. The van der Waals surface area contributed by atoms with Gasteiger partial charge in [-0.05, 0) is 28.4 Å². The average molecular weight is 350 g/mol. The summed E-state index contributed by atoms with van der Waals surface area (Å²) >= 11 is 0. The van der Waals surface area contributed by atoms with Gasteiger partial charge in [0.1, 0.15) is 6.07 Å². The van der Waals surface area contributed by atoms with Crippen LogP contribution >= 0.6 is 9.24 Å². The Morgan fingerprint density at radius 2 is 1.80 bits per heavy atom. The second kappa shape index (κ2) is 6.06. The summed E-state index contributed by atoms with van der Waals surface area (Å²) in [5.41, 5.74) is 2.14. The summed E-state index contributed by atoms with van der Waals surface area (Å²) < 4.78 is 1.43. The van der Waals surface area contributed by atoms with E-state index in [9.17, 15) is 10.1 Å². The second-order valence-electron chi connectivity index (χ2n) is 7.10. The van der Waals surface area contributed by atoms with Gasteiger partial charge >= 0.3 is 0 Å². The third kappa shape index (κ3) is 3.06. The standard InChI is InChI=1S/C19H19N4OP/c1-19(2,3)12-8-21-17(22-9-12)15-5-13-11(7-20)10-23(4)18(24)14(13)6-16(15)25/h5-6,8-10H,25H2,1-4H3. The fourth-order valence-electron chi connectivity index (χ4n) is 2.67. The highest BCUT2D eigenvalue weighted by Gasteiger charge is 2.16. The van der Waals surface area contributed by atoms with Crippen LogP contribution in [-0.4, -0.2) is 14.5 Å². The predicted octanol–water partition coefficient (Wildman–Crippen LogP) is 2.67. The van der Waals surface area contributed by atoms with Crippen LogP contribution < -0.4 is 10.9 Å². The lowest BCUT2D eigenvalue weighted by atomic mass is 9.89. The molecule has 0 bridgehead atoms. The van der Waals surface area contributed by atoms with Crippen LogP contribution in [0, 0.1) is 11.3 Å². The first-order chi connectivity index (χ1) is 11.7. The van der Waals surface area contributed by atoms with E-state index >= 15 is 0 Å². The zero-order valence-corrected chi connectivity index (χ0v) is 15.8. The van der Waals surface area contributed by atoms with Crippen molar-refractivity contribution in [3.63, 3.8) is 0 Å². The number of hydrogen-bond acceptors (Lipinski definition) is 4. The summed E-state index contributed by atoms with van der Waals surface area (Å²) in [4.78, 5) is 21.3. The molecule has 0 aliphatic rings. The minimum Gasteiger partial charge on any atom is -0.317 e. The maximum Gasteiger partial charge on any atom is 0.258 e. The second-order valence-corrected chi connectivity index (χ2v) is 7.72. The molecule has 2 aromatic heterocycles. The Morgan fingerprint density at radius 1 is 1.16 bits per heavy atom. The van der Waals surface area contributed by atoms with Crippen molar-refractivity contribution in [3.05, 3.63) is 52.2 Å². The number of rotatable bonds is 1. The topological polar surface area (TPSA) is 71.6 Å². The number of hydrogen-bond donors (Lipinski definition) is 0. The Labute approximate surface area is 148 Å². The van der Waals surface area contributed by atoms with Gasteiger partial charge in [0.25, 0.3) is 5.56 Å². The molecule has 1 atom stereocenters. The summed E-state index contributed by atoms with van der Waals surface area (Å²) in [6, 6.07) is 5.76. The number of aryl methyl sites for hydroxylation is 1. The molecule has 126 valence electrons. The van der Waals surface area contributed by atoms with E-state index in [0.29, 0.717) is 22.2 Å². The van der Waals surface area contributed by atoms with Gasteiger partial charge in [0.15, 0.2) is 5.82 Å². The Balaban J connectivity index is 2.24. The molecule has 0 amide bonds. The molecule has 0 saturated heterocycles. The number of aromatic nitrogens is 3. The molecule has 2 heterocycles. The van der Waals surface area contributed by atoms with Gasteiger partial charge in [-0.15, -0.1) is 9.24 Å². The van der Waals surface area contributed by atoms with Crippen LogP contribution in [0.1, 0.15) is 31.9 Å². The zero-order chi connectivity index (χ0) is 18.4. The third-order valence-corrected chi connectivity index (χ3v) is 4.71. The lowest BCUT2D eigenvalue weighted by molar-refractivity contribution is 0.584. The molecular weight excluding hydrogens is 331 g/mol. The first-order valence-electron chi connectivity index (χ1n) is 7.88. The fourth-order valence-corrected chi connectivity index (χ4v) is 3.04. The molecule has 1 unspecified atom stereocenters. The van der Waals surface area contributed by atoms with Crippen molar-refractivity contribution in [2.45, 2.75) is 26.2 Å². The summed E-state index contributed by atoms with van der Waals surface area (Å²) in [7, 11) is 4.27. The van der Waals surface area contributed by atoms with Crippen LogP contribution in [0.15, 0.2) is 35.5 Å². The predicted molar refractivity (Wildman–Crippen MR) is 103 cm³/mol. The van der Waals surface area contributed by atoms with Crippen molar-refractivity contribution in [2.75, 3.05) is 0 Å². The number of pyridine rings is 1. The van der Waals surface area contributed by atoms with E-state index < -0.39 is 0 Å². The van der Waals surface area contributed by atoms with Gasteiger partial charge in [0.05, 0.1) is 5.56 Å². The molecule has 3 aromatic rings. The Kier molecular flexibility index (Phi) is 4.18. The maximum absolute atomic E-state index is 12.4. The minimum atomic E-state index is -0.131. The van der Waals surface area contributed by atoms with Gasteiger partial charge in [-0.25, -0.2) is 9.97 Å². The van der Waals surface area contributed by atoms with Crippen LogP contribution in [0.5, 0.6) is 0 Å². The quantitative estimate of drug-likeness (QED) is 0.633. The average Bonchev–Trinajstić information content (AvgIpc) is 2.57. The van der Waals surface area contributed by atoms with Crippen molar-refractivity contribution in [2.24, 2.45) is 7.05 Å². The van der Waals surface area contributed by atoms with Gasteiger partial charge in [0.2, 0.25) is 0 Å². The molecular formula is C19H19N4OP. The van der Waals surface area contributed by atoms with E-state index in [0.717, 1.165) is 16.4 Å². The van der Waals surface area contributed by atoms with Crippen molar-refractivity contribution >= 4 is 25.3 Å². The number of benzene rings is 1. The summed E-state index contributed by atoms with van der Waals surface area (Å²) in [6.07, 6.45) is 5.21. The third-order valence-electron chi connectivity index (χ3n) is 4.23. The van der Waals surface area contributed by atoms with Crippen molar-refractivity contribution in [1.29, 1.82) is 5.26 Å². The highest BCUT2D eigenvalue weighted by molar-refractivity contribution is 7.28. The fraction of sp³-hybridized carbons (Fsp3) is 0.263. The van der Waals surface area contributed by atoms with E-state index in [4.69, 9.17) is 0 Å². The molecule has 0 saturated carbocycles. The van der Waals surface area contributed by atoms with Gasteiger partial charge in [-0.1, -0.05) is 20.8 Å². The van der Waals surface area contributed by atoms with Crippen LogP contribution in [0.3, 0.4) is 0 Å². The zero-order valence-electron chi connectivity index (χ0n) is 14.7. The smallest absolute Gasteiger partial charge is 0.258 e. The summed E-state index contributed by atoms with van der Waals surface area (Å²) in [5.74, 6) is 0.574. The van der Waals surface area contributed by atoms with Crippen molar-refractivity contribution < 1.29 is 0 Å². The van der Waals surface area contributed by atoms with Crippen LogP contribution in [0.4, 0.5) is 0 Å². The molecule has 0 fully saturated rings. The Bertz CT molecular complexity index is 1070. The highest BCUT2D eigenvalue weighted by atomic mass is 31.0.